The maximum absolute atomic E-state index is 5.62. The average Bonchev–Trinajstić information content (AvgIpc) is 2.78. The summed E-state index contributed by atoms with van der Waals surface area (Å²) in [4.78, 5) is 2.62. The largest absolute Gasteiger partial charge is 0.380 e. The van der Waals surface area contributed by atoms with Crippen molar-refractivity contribution in [2.75, 3.05) is 32.8 Å². The Bertz CT molecular complexity index is 226. The number of hydrogen-bond donors (Lipinski definition) is 1. The molecule has 0 amide bonds. The minimum absolute atomic E-state index is 0.442. The smallest absolute Gasteiger partial charge is 0.0593 e. The molecule has 1 spiro atoms. The molecule has 3 nitrogen and oxygen atoms in total. The second-order valence-electron chi connectivity index (χ2n) is 5.80. The monoisotopic (exact) mass is 240 g/mol. The average molecular weight is 240 g/mol. The van der Waals surface area contributed by atoms with Gasteiger partial charge in [0.2, 0.25) is 0 Å². The quantitative estimate of drug-likeness (QED) is 0.744. The lowest BCUT2D eigenvalue weighted by atomic mass is 9.92. The standard InChI is InChI=1S/C14H28N2O/c1-3-9-17-10-8-16-12-14(6-4-5-7-14)15-11-13(16)2/h13,15H,3-12H2,1-2H3. The Morgan fingerprint density at radius 1 is 1.29 bits per heavy atom. The SMILES string of the molecule is CCCOCCN1CC2(CCCC2)NCC1C. The summed E-state index contributed by atoms with van der Waals surface area (Å²) >= 11 is 0. The number of ether oxygens (including phenoxy) is 1. The molecule has 100 valence electrons. The topological polar surface area (TPSA) is 24.5 Å². The Morgan fingerprint density at radius 2 is 2.06 bits per heavy atom. The minimum atomic E-state index is 0.442. The molecule has 0 bridgehead atoms. The van der Waals surface area contributed by atoms with Crippen molar-refractivity contribution in [1.29, 1.82) is 0 Å². The van der Waals surface area contributed by atoms with Crippen LogP contribution in [-0.4, -0.2) is 49.3 Å². The van der Waals surface area contributed by atoms with Gasteiger partial charge in [-0.2, -0.15) is 0 Å². The number of piperazine rings is 1. The van der Waals surface area contributed by atoms with E-state index >= 15 is 0 Å². The Kier molecular flexibility index (Phi) is 4.83. The van der Waals surface area contributed by atoms with Gasteiger partial charge in [0, 0.05) is 37.8 Å². The van der Waals surface area contributed by atoms with Crippen LogP contribution in [0.25, 0.3) is 0 Å². The molecule has 1 N–H and O–H groups in total. The first-order valence-corrected chi connectivity index (χ1v) is 7.32. The first kappa shape index (κ1) is 13.3. The van der Waals surface area contributed by atoms with Crippen molar-refractivity contribution in [3.63, 3.8) is 0 Å². The van der Waals surface area contributed by atoms with Gasteiger partial charge >= 0.3 is 0 Å². The highest BCUT2D eigenvalue weighted by molar-refractivity contribution is 5.00. The normalized spacial score (nSPS) is 28.9. The van der Waals surface area contributed by atoms with Crippen LogP contribution in [0.5, 0.6) is 0 Å². The van der Waals surface area contributed by atoms with Crippen molar-refractivity contribution in [3.8, 4) is 0 Å². The van der Waals surface area contributed by atoms with Crippen LogP contribution in [0.3, 0.4) is 0 Å². The zero-order valence-corrected chi connectivity index (χ0v) is 11.5. The molecule has 2 aliphatic rings. The van der Waals surface area contributed by atoms with Crippen molar-refractivity contribution >= 4 is 0 Å². The molecule has 0 radical (unpaired) electrons. The third kappa shape index (κ3) is 3.43. The highest BCUT2D eigenvalue weighted by Crippen LogP contribution is 2.32. The van der Waals surface area contributed by atoms with E-state index in [0.717, 1.165) is 32.7 Å². The summed E-state index contributed by atoms with van der Waals surface area (Å²) in [6.07, 6.45) is 6.67. The molecule has 1 saturated heterocycles. The van der Waals surface area contributed by atoms with Crippen LogP contribution in [-0.2, 0) is 4.74 Å². The fourth-order valence-corrected chi connectivity index (χ4v) is 3.21. The van der Waals surface area contributed by atoms with Crippen LogP contribution < -0.4 is 5.32 Å². The molecule has 2 rings (SSSR count). The molecular weight excluding hydrogens is 212 g/mol. The van der Waals surface area contributed by atoms with Gasteiger partial charge < -0.3 is 10.1 Å². The van der Waals surface area contributed by atoms with Gasteiger partial charge in [0.05, 0.1) is 6.61 Å². The molecule has 0 aromatic carbocycles. The molecule has 1 atom stereocenters. The first-order valence-electron chi connectivity index (χ1n) is 7.32. The minimum Gasteiger partial charge on any atom is -0.380 e. The van der Waals surface area contributed by atoms with Crippen LogP contribution in [0, 0.1) is 0 Å². The van der Waals surface area contributed by atoms with Crippen molar-refractivity contribution in [1.82, 2.24) is 10.2 Å². The van der Waals surface area contributed by atoms with Gasteiger partial charge in [0.15, 0.2) is 0 Å². The van der Waals surface area contributed by atoms with E-state index in [4.69, 9.17) is 4.74 Å². The van der Waals surface area contributed by atoms with Crippen LogP contribution in [0.1, 0.15) is 46.0 Å². The van der Waals surface area contributed by atoms with E-state index in [9.17, 15) is 0 Å². The highest BCUT2D eigenvalue weighted by Gasteiger charge is 2.39. The van der Waals surface area contributed by atoms with Crippen LogP contribution in [0.15, 0.2) is 0 Å². The second kappa shape index (κ2) is 6.17. The highest BCUT2D eigenvalue weighted by atomic mass is 16.5. The molecule has 1 heterocycles. The predicted octanol–water partition coefficient (Wildman–Crippen LogP) is 2.02. The number of hydrogen-bond acceptors (Lipinski definition) is 3. The third-order valence-electron chi connectivity index (χ3n) is 4.33. The maximum atomic E-state index is 5.62. The van der Waals surface area contributed by atoms with Crippen molar-refractivity contribution in [3.05, 3.63) is 0 Å². The molecule has 1 saturated carbocycles. The molecule has 3 heteroatoms. The van der Waals surface area contributed by atoms with E-state index in [1.807, 2.05) is 0 Å². The van der Waals surface area contributed by atoms with E-state index in [0.29, 0.717) is 11.6 Å². The van der Waals surface area contributed by atoms with E-state index in [1.54, 1.807) is 0 Å². The summed E-state index contributed by atoms with van der Waals surface area (Å²) in [6.45, 7) is 9.78. The van der Waals surface area contributed by atoms with Crippen molar-refractivity contribution in [2.24, 2.45) is 0 Å². The fraction of sp³-hybridized carbons (Fsp3) is 1.00. The predicted molar refractivity (Wildman–Crippen MR) is 71.3 cm³/mol. The molecule has 17 heavy (non-hydrogen) atoms. The van der Waals surface area contributed by atoms with E-state index < -0.39 is 0 Å². The Balaban J connectivity index is 1.78. The van der Waals surface area contributed by atoms with Gasteiger partial charge in [0.1, 0.15) is 0 Å². The van der Waals surface area contributed by atoms with Gasteiger partial charge in [-0.05, 0) is 26.2 Å². The Labute approximate surface area is 106 Å². The summed E-state index contributed by atoms with van der Waals surface area (Å²) in [5.41, 5.74) is 0.442. The lowest BCUT2D eigenvalue weighted by molar-refractivity contribution is 0.0474. The summed E-state index contributed by atoms with van der Waals surface area (Å²) < 4.78 is 5.62. The molecule has 1 unspecified atom stereocenters. The van der Waals surface area contributed by atoms with Crippen LogP contribution in [0.4, 0.5) is 0 Å². The first-order chi connectivity index (χ1) is 8.26. The molecule has 0 aromatic rings. The van der Waals surface area contributed by atoms with E-state index in [2.05, 4.69) is 24.1 Å². The van der Waals surface area contributed by atoms with Gasteiger partial charge in [-0.25, -0.2) is 0 Å². The summed E-state index contributed by atoms with van der Waals surface area (Å²) in [5, 5.41) is 3.79. The molecule has 0 aromatic heterocycles. The second-order valence-corrected chi connectivity index (χ2v) is 5.80. The van der Waals surface area contributed by atoms with Gasteiger partial charge in [0.25, 0.3) is 0 Å². The van der Waals surface area contributed by atoms with Crippen molar-refractivity contribution < 1.29 is 4.74 Å². The fourth-order valence-electron chi connectivity index (χ4n) is 3.21. The third-order valence-corrected chi connectivity index (χ3v) is 4.33. The van der Waals surface area contributed by atoms with Gasteiger partial charge in [-0.15, -0.1) is 0 Å². The van der Waals surface area contributed by atoms with Crippen LogP contribution in [0.2, 0.25) is 0 Å². The van der Waals surface area contributed by atoms with Crippen LogP contribution >= 0.6 is 0 Å². The lowest BCUT2D eigenvalue weighted by Gasteiger charge is -2.45. The maximum Gasteiger partial charge on any atom is 0.0593 e. The summed E-state index contributed by atoms with van der Waals surface area (Å²) in [7, 11) is 0. The summed E-state index contributed by atoms with van der Waals surface area (Å²) in [6, 6.07) is 0.659. The molecule has 1 aliphatic heterocycles. The van der Waals surface area contributed by atoms with Gasteiger partial charge in [-0.1, -0.05) is 19.8 Å². The molecule has 1 aliphatic carbocycles. The van der Waals surface area contributed by atoms with E-state index in [-0.39, 0.29) is 0 Å². The number of nitrogens with zero attached hydrogens (tertiary/aromatic N) is 1. The molecule has 2 fully saturated rings. The molecular formula is C14H28N2O. The number of nitrogens with one attached hydrogen (secondary N) is 1. The van der Waals surface area contributed by atoms with Crippen molar-refractivity contribution in [2.45, 2.75) is 57.5 Å². The Hall–Kier alpha value is -0.120. The Morgan fingerprint density at radius 3 is 2.76 bits per heavy atom. The summed E-state index contributed by atoms with van der Waals surface area (Å²) in [5.74, 6) is 0. The zero-order valence-electron chi connectivity index (χ0n) is 11.5. The van der Waals surface area contributed by atoms with Gasteiger partial charge in [-0.3, -0.25) is 4.90 Å². The number of rotatable bonds is 5. The zero-order chi connectivity index (χ0) is 12.1. The van der Waals surface area contributed by atoms with E-state index in [1.165, 1.54) is 32.2 Å². The lowest BCUT2D eigenvalue weighted by Crippen LogP contribution is -2.62.